The molecule has 0 aromatic heterocycles. The maximum atomic E-state index is 13.0. The Kier molecular flexibility index (Phi) is 21.3. The van der Waals surface area contributed by atoms with Gasteiger partial charge in [0.2, 0.25) is 11.3 Å². The van der Waals surface area contributed by atoms with E-state index in [1.165, 1.54) is 80.8 Å². The highest BCUT2D eigenvalue weighted by molar-refractivity contribution is 8.00. The van der Waals surface area contributed by atoms with Gasteiger partial charge in [0.05, 0.1) is 6.10 Å². The normalized spacial score (nSPS) is 13.2. The van der Waals surface area contributed by atoms with Crippen molar-refractivity contribution in [3.63, 3.8) is 0 Å². The number of carbonyl (C=O) groups excluding carboxylic acids is 2. The quantitative estimate of drug-likeness (QED) is 0.0486. The largest absolute Gasteiger partial charge is 0.481 e. The van der Waals surface area contributed by atoms with Gasteiger partial charge in [0.25, 0.3) is 0 Å². The SMILES string of the molecule is CCCCCCCCCC/C=C/C=C\[C@@H](SC[C@H](NC(=O)N(C)c1ccc([N+]#N)cc1)C(=O)NCC(=O)O)[C@@H](O)CCCC(=O)O. The van der Waals surface area contributed by atoms with Gasteiger partial charge in [-0.1, -0.05) is 76.2 Å². The molecule has 3 amide bonds. The summed E-state index contributed by atoms with van der Waals surface area (Å²) < 4.78 is 0. The molecular formula is C33H50N5O7S+. The number of carbonyl (C=O) groups is 4. The van der Waals surface area contributed by atoms with Gasteiger partial charge in [-0.05, 0) is 37.8 Å². The molecule has 5 N–H and O–H groups in total. The lowest BCUT2D eigenvalue weighted by atomic mass is 10.1. The number of aliphatic hydroxyl groups excluding tert-OH is 1. The number of aliphatic hydroxyl groups is 1. The molecule has 1 aromatic carbocycles. The molecule has 0 radical (unpaired) electrons. The second kappa shape index (κ2) is 24.4. The number of anilines is 1. The number of urea groups is 1. The summed E-state index contributed by atoms with van der Waals surface area (Å²) in [6.07, 6.45) is 17.9. The number of hydrogen-bond donors (Lipinski definition) is 5. The van der Waals surface area contributed by atoms with Crippen molar-refractivity contribution in [3.8, 4) is 0 Å². The van der Waals surface area contributed by atoms with E-state index in [-0.39, 0.29) is 25.0 Å². The van der Waals surface area contributed by atoms with Crippen molar-refractivity contribution < 1.29 is 34.5 Å². The number of unbranched alkanes of at least 4 members (excludes halogenated alkanes) is 8. The summed E-state index contributed by atoms with van der Waals surface area (Å²) in [7, 11) is 1.48. The van der Waals surface area contributed by atoms with Crippen LogP contribution in [0, 0.1) is 5.39 Å². The predicted molar refractivity (Wildman–Crippen MR) is 182 cm³/mol. The Morgan fingerprint density at radius 1 is 0.957 bits per heavy atom. The Morgan fingerprint density at radius 3 is 2.22 bits per heavy atom. The van der Waals surface area contributed by atoms with Gasteiger partial charge in [-0.15, -0.1) is 11.8 Å². The molecule has 13 heteroatoms. The Morgan fingerprint density at radius 2 is 1.61 bits per heavy atom. The third kappa shape index (κ3) is 18.2. The molecule has 0 heterocycles. The summed E-state index contributed by atoms with van der Waals surface area (Å²) in [5.41, 5.74) is 0.750. The molecule has 0 fully saturated rings. The molecule has 0 unspecified atom stereocenters. The van der Waals surface area contributed by atoms with Crippen LogP contribution in [0.3, 0.4) is 0 Å². The van der Waals surface area contributed by atoms with Crippen molar-refractivity contribution in [2.75, 3.05) is 24.2 Å². The average Bonchev–Trinajstić information content (AvgIpc) is 3.04. The van der Waals surface area contributed by atoms with Crippen LogP contribution in [0.2, 0.25) is 0 Å². The van der Waals surface area contributed by atoms with Gasteiger partial charge >= 0.3 is 23.7 Å². The molecule has 46 heavy (non-hydrogen) atoms. The summed E-state index contributed by atoms with van der Waals surface area (Å²) >= 11 is 1.20. The van der Waals surface area contributed by atoms with Crippen molar-refractivity contribution >= 4 is 47.0 Å². The van der Waals surface area contributed by atoms with Crippen LogP contribution in [-0.4, -0.2) is 75.9 Å². The van der Waals surface area contributed by atoms with Crippen molar-refractivity contribution in [2.24, 2.45) is 0 Å². The zero-order valence-electron chi connectivity index (χ0n) is 27.0. The van der Waals surface area contributed by atoms with Gasteiger partial charge in [0.15, 0.2) is 4.98 Å². The fourth-order valence-electron chi connectivity index (χ4n) is 4.45. The maximum absolute atomic E-state index is 13.0. The first-order valence-corrected chi connectivity index (χ1v) is 17.0. The summed E-state index contributed by atoms with van der Waals surface area (Å²) in [5, 5.41) is 42.2. The smallest absolute Gasteiger partial charge is 0.385 e. The standard InChI is InChI=1S/C33H49N5O7S/c1-3-4-5-6-7-8-9-10-11-12-13-14-17-29(28(39)16-15-18-30(40)41)46-24-27(32(44)35-23-31(42)43)36-33(45)38(2)26-21-19-25(37-34)20-22-26/h12-14,17,19-22,27-29,39H,3-11,15-16,18,23-24H2,1-2H3,(H3-,35,36,40,41,42,43,44,45)/p+1/b13-12+,17-14-/t27-,28-,29+/m0/s1. The van der Waals surface area contributed by atoms with E-state index in [1.54, 1.807) is 18.2 Å². The highest BCUT2D eigenvalue weighted by Gasteiger charge is 2.26. The number of carboxylic acid groups (broad SMARTS) is 2. The number of thioether (sulfide) groups is 1. The van der Waals surface area contributed by atoms with Crippen molar-refractivity contribution in [3.05, 3.63) is 53.5 Å². The summed E-state index contributed by atoms with van der Waals surface area (Å²) in [6.45, 7) is 1.57. The van der Waals surface area contributed by atoms with Gasteiger partial charge in [-0.3, -0.25) is 19.3 Å². The van der Waals surface area contributed by atoms with Crippen LogP contribution in [0.25, 0.3) is 4.98 Å². The van der Waals surface area contributed by atoms with Crippen LogP contribution in [0.5, 0.6) is 0 Å². The van der Waals surface area contributed by atoms with E-state index in [2.05, 4.69) is 28.6 Å². The van der Waals surface area contributed by atoms with Crippen LogP contribution in [0.4, 0.5) is 16.2 Å². The molecule has 0 bridgehead atoms. The summed E-state index contributed by atoms with van der Waals surface area (Å²) in [6, 6.07) is 4.32. The Bertz CT molecular complexity index is 1170. The van der Waals surface area contributed by atoms with Crippen molar-refractivity contribution in [1.82, 2.24) is 10.6 Å². The first-order valence-electron chi connectivity index (χ1n) is 15.9. The van der Waals surface area contributed by atoms with Gasteiger partial charge < -0.3 is 26.0 Å². The molecule has 0 aliphatic rings. The van der Waals surface area contributed by atoms with E-state index in [4.69, 9.17) is 15.6 Å². The van der Waals surface area contributed by atoms with Gasteiger partial charge in [-0.2, -0.15) is 0 Å². The van der Waals surface area contributed by atoms with Crippen LogP contribution < -0.4 is 15.5 Å². The van der Waals surface area contributed by atoms with E-state index in [0.717, 1.165) is 12.8 Å². The zero-order valence-corrected chi connectivity index (χ0v) is 27.8. The second-order valence-electron chi connectivity index (χ2n) is 11.0. The molecule has 0 saturated heterocycles. The second-order valence-corrected chi connectivity index (χ2v) is 12.2. The lowest BCUT2D eigenvalue weighted by molar-refractivity contribution is -0.138. The third-order valence-electron chi connectivity index (χ3n) is 7.18. The number of nitrogens with one attached hydrogen (secondary N) is 2. The lowest BCUT2D eigenvalue weighted by Gasteiger charge is -2.25. The minimum atomic E-state index is -1.24. The Hall–Kier alpha value is -3.89. The maximum Gasteiger partial charge on any atom is 0.385 e. The van der Waals surface area contributed by atoms with E-state index >= 15 is 0 Å². The summed E-state index contributed by atoms with van der Waals surface area (Å²) in [5.74, 6) is -2.91. The average molecular weight is 661 g/mol. The molecule has 0 aliphatic carbocycles. The number of nitrogens with zero attached hydrogens (tertiary/aromatic N) is 3. The predicted octanol–water partition coefficient (Wildman–Crippen LogP) is 6.25. The van der Waals surface area contributed by atoms with E-state index in [9.17, 15) is 24.3 Å². The monoisotopic (exact) mass is 660 g/mol. The van der Waals surface area contributed by atoms with Crippen molar-refractivity contribution in [1.29, 1.82) is 5.39 Å². The molecule has 1 rings (SSSR count). The molecule has 1 aromatic rings. The number of diazo groups is 1. The topological polar surface area (TPSA) is 184 Å². The molecule has 254 valence electrons. The number of benzene rings is 1. The summed E-state index contributed by atoms with van der Waals surface area (Å²) in [4.78, 5) is 52.3. The fraction of sp³-hybridized carbons (Fsp3) is 0.576. The molecule has 0 spiro atoms. The highest BCUT2D eigenvalue weighted by atomic mass is 32.2. The van der Waals surface area contributed by atoms with Crippen LogP contribution >= 0.6 is 11.8 Å². The van der Waals surface area contributed by atoms with Crippen LogP contribution in [-0.2, 0) is 14.4 Å². The van der Waals surface area contributed by atoms with Gasteiger partial charge in [0.1, 0.15) is 12.6 Å². The van der Waals surface area contributed by atoms with Crippen LogP contribution in [0.15, 0.2) is 48.6 Å². The Labute approximate surface area is 276 Å². The molecule has 12 nitrogen and oxygen atoms in total. The lowest BCUT2D eigenvalue weighted by Crippen LogP contribution is -2.52. The molecule has 0 saturated carbocycles. The fourth-order valence-corrected chi connectivity index (χ4v) is 5.66. The minimum Gasteiger partial charge on any atom is -0.481 e. The molecule has 3 atom stereocenters. The highest BCUT2D eigenvalue weighted by Crippen LogP contribution is 2.23. The van der Waals surface area contributed by atoms with E-state index in [0.29, 0.717) is 11.4 Å². The molecule has 0 aliphatic heterocycles. The first-order chi connectivity index (χ1) is 22.1. The number of amides is 3. The zero-order chi connectivity index (χ0) is 34.2. The van der Waals surface area contributed by atoms with Gasteiger partial charge in [0, 0.05) is 42.3 Å². The number of aliphatic carboxylic acids is 2. The number of allylic oxidation sites excluding steroid dienone is 3. The van der Waals surface area contributed by atoms with Gasteiger partial charge in [-0.25, -0.2) is 4.79 Å². The van der Waals surface area contributed by atoms with Crippen molar-refractivity contribution in [2.45, 2.75) is 101 Å². The molecular weight excluding hydrogens is 610 g/mol. The Balaban J connectivity index is 2.89. The number of hydrogen-bond acceptors (Lipinski definition) is 7. The third-order valence-corrected chi connectivity index (χ3v) is 8.56. The van der Waals surface area contributed by atoms with Crippen LogP contribution in [0.1, 0.15) is 84.0 Å². The minimum absolute atomic E-state index is 0.000328. The van der Waals surface area contributed by atoms with E-state index < -0.39 is 47.8 Å². The first kappa shape index (κ1) is 40.1. The number of carboxylic acids is 2. The van der Waals surface area contributed by atoms with E-state index in [1.807, 2.05) is 12.2 Å². The number of rotatable bonds is 24.